The molecule has 208 valence electrons. The van der Waals surface area contributed by atoms with Crippen LogP contribution in [-0.4, -0.2) is 0 Å². The fourth-order valence-corrected chi connectivity index (χ4v) is 10.5. The van der Waals surface area contributed by atoms with Gasteiger partial charge in [0, 0.05) is 21.9 Å². The van der Waals surface area contributed by atoms with Gasteiger partial charge in [0.25, 0.3) is 0 Å². The molecule has 1 nitrogen and oxygen atoms in total. The average Bonchev–Trinajstić information content (AvgIpc) is 3.34. The molecule has 0 saturated heterocycles. The van der Waals surface area contributed by atoms with Crippen molar-refractivity contribution < 1.29 is 0 Å². The summed E-state index contributed by atoms with van der Waals surface area (Å²) in [6, 6.07) is 48.1. The van der Waals surface area contributed by atoms with E-state index in [1.807, 2.05) is 0 Å². The molecule has 0 aromatic heterocycles. The molecule has 11 rings (SSSR count). The van der Waals surface area contributed by atoms with Crippen molar-refractivity contribution in [3.63, 3.8) is 0 Å². The third kappa shape index (κ3) is 3.23. The molecule has 4 saturated carbocycles. The highest BCUT2D eigenvalue weighted by molar-refractivity contribution is 6.05. The Morgan fingerprint density at radius 1 is 0.465 bits per heavy atom. The van der Waals surface area contributed by atoms with Gasteiger partial charge in [-0.05, 0) is 113 Å². The minimum absolute atomic E-state index is 0.196. The van der Waals surface area contributed by atoms with Crippen molar-refractivity contribution in [1.29, 1.82) is 0 Å². The average molecular weight is 554 g/mol. The summed E-state index contributed by atoms with van der Waals surface area (Å²) in [7, 11) is 0. The van der Waals surface area contributed by atoms with Gasteiger partial charge in [-0.2, -0.15) is 0 Å². The Hall–Kier alpha value is -4.36. The van der Waals surface area contributed by atoms with Crippen LogP contribution in [0.5, 0.6) is 0 Å². The minimum Gasteiger partial charge on any atom is -0.309 e. The molecule has 0 atom stereocenters. The van der Waals surface area contributed by atoms with E-state index in [1.165, 1.54) is 81.8 Å². The lowest BCUT2D eigenvalue weighted by Gasteiger charge is -2.61. The zero-order chi connectivity index (χ0) is 28.1. The Morgan fingerprint density at radius 2 is 1.00 bits per heavy atom. The van der Waals surface area contributed by atoms with Crippen molar-refractivity contribution in [3.8, 4) is 11.1 Å². The molecular weight excluding hydrogens is 518 g/mol. The fourth-order valence-electron chi connectivity index (χ4n) is 10.5. The predicted molar refractivity (Wildman–Crippen MR) is 179 cm³/mol. The summed E-state index contributed by atoms with van der Waals surface area (Å²) >= 11 is 0. The standard InChI is InChI=1S/C42H35N/c1-3-13-34-29(9-1)11-7-17-40(34)43(41-18-8-12-30-10-2-4-14-35(30)41)33-19-20-39-37(26-33)36-15-5-6-16-38(36)42(39)31-22-27-21-28(24-31)25-32(42)23-27/h1-20,26-28,31-32H,21-25H2. The number of fused-ring (bicyclic) bond motifs is 5. The van der Waals surface area contributed by atoms with E-state index in [4.69, 9.17) is 0 Å². The van der Waals surface area contributed by atoms with E-state index < -0.39 is 0 Å². The van der Waals surface area contributed by atoms with Crippen molar-refractivity contribution in [3.05, 3.63) is 139 Å². The largest absolute Gasteiger partial charge is 0.309 e. The van der Waals surface area contributed by atoms with E-state index in [2.05, 4.69) is 132 Å². The molecule has 4 fully saturated rings. The summed E-state index contributed by atoms with van der Waals surface area (Å²) in [4.78, 5) is 2.52. The lowest BCUT2D eigenvalue weighted by Crippen LogP contribution is -2.55. The van der Waals surface area contributed by atoms with Crippen LogP contribution in [0, 0.1) is 23.7 Å². The molecule has 0 amide bonds. The first-order valence-corrected chi connectivity index (χ1v) is 16.3. The first-order valence-electron chi connectivity index (χ1n) is 16.3. The van der Waals surface area contributed by atoms with Crippen LogP contribution in [-0.2, 0) is 5.41 Å². The Bertz CT molecular complexity index is 1950. The molecule has 0 unspecified atom stereocenters. The van der Waals surface area contributed by atoms with Gasteiger partial charge >= 0.3 is 0 Å². The first kappa shape index (κ1) is 24.1. The minimum atomic E-state index is 0.196. The molecular formula is C42H35N. The van der Waals surface area contributed by atoms with Crippen LogP contribution in [0.1, 0.15) is 43.2 Å². The highest BCUT2D eigenvalue weighted by Crippen LogP contribution is 2.69. The number of rotatable bonds is 3. The Labute approximate surface area is 253 Å². The molecule has 6 aromatic carbocycles. The summed E-state index contributed by atoms with van der Waals surface area (Å²) in [5, 5.41) is 5.08. The molecule has 4 bridgehead atoms. The number of nitrogens with zero attached hydrogens (tertiary/aromatic N) is 1. The molecule has 6 aromatic rings. The third-order valence-corrected chi connectivity index (χ3v) is 11.8. The molecule has 0 radical (unpaired) electrons. The smallest absolute Gasteiger partial charge is 0.0540 e. The molecule has 0 heterocycles. The molecule has 43 heavy (non-hydrogen) atoms. The van der Waals surface area contributed by atoms with E-state index >= 15 is 0 Å². The second-order valence-electron chi connectivity index (χ2n) is 13.8. The van der Waals surface area contributed by atoms with E-state index in [1.54, 1.807) is 11.1 Å². The second kappa shape index (κ2) is 8.83. The monoisotopic (exact) mass is 553 g/mol. The Kier molecular flexibility index (Phi) is 4.95. The number of benzene rings is 6. The second-order valence-corrected chi connectivity index (χ2v) is 13.8. The van der Waals surface area contributed by atoms with Gasteiger partial charge in [0.2, 0.25) is 0 Å². The number of hydrogen-bond donors (Lipinski definition) is 0. The summed E-state index contributed by atoms with van der Waals surface area (Å²) < 4.78 is 0. The van der Waals surface area contributed by atoms with E-state index in [0.717, 1.165) is 23.7 Å². The van der Waals surface area contributed by atoms with Gasteiger partial charge < -0.3 is 4.90 Å². The maximum atomic E-state index is 2.55. The molecule has 5 aliphatic rings. The maximum Gasteiger partial charge on any atom is 0.0540 e. The highest BCUT2D eigenvalue weighted by atomic mass is 15.1. The van der Waals surface area contributed by atoms with Gasteiger partial charge in [0.1, 0.15) is 0 Å². The third-order valence-electron chi connectivity index (χ3n) is 11.8. The van der Waals surface area contributed by atoms with Gasteiger partial charge in [-0.3, -0.25) is 0 Å². The van der Waals surface area contributed by atoms with Crippen LogP contribution < -0.4 is 4.90 Å². The van der Waals surface area contributed by atoms with Crippen LogP contribution in [0.4, 0.5) is 17.1 Å². The summed E-state index contributed by atoms with van der Waals surface area (Å²) in [6.07, 6.45) is 7.16. The van der Waals surface area contributed by atoms with Crippen molar-refractivity contribution in [2.45, 2.75) is 37.5 Å². The highest BCUT2D eigenvalue weighted by Gasteiger charge is 2.61. The van der Waals surface area contributed by atoms with Gasteiger partial charge in [0.05, 0.1) is 11.4 Å². The molecule has 1 heteroatoms. The summed E-state index contributed by atoms with van der Waals surface area (Å²) in [6.45, 7) is 0. The van der Waals surface area contributed by atoms with Gasteiger partial charge in [-0.25, -0.2) is 0 Å². The van der Waals surface area contributed by atoms with E-state index in [9.17, 15) is 0 Å². The SMILES string of the molecule is c1ccc2c(c1)-c1cc(N(c3cccc4ccccc34)c3cccc4ccccc34)ccc1C21C2CC3CC(C2)CC1C3. The number of anilines is 3. The normalized spacial score (nSPS) is 26.2. The van der Waals surface area contributed by atoms with Crippen LogP contribution in [0.2, 0.25) is 0 Å². The van der Waals surface area contributed by atoms with E-state index in [0.29, 0.717) is 0 Å². The summed E-state index contributed by atoms with van der Waals surface area (Å²) in [5.74, 6) is 3.47. The predicted octanol–water partition coefficient (Wildman–Crippen LogP) is 11.2. The van der Waals surface area contributed by atoms with Crippen LogP contribution in [0.15, 0.2) is 127 Å². The Morgan fingerprint density at radius 3 is 1.65 bits per heavy atom. The first-order chi connectivity index (χ1) is 21.3. The molecule has 0 aliphatic heterocycles. The maximum absolute atomic E-state index is 2.55. The number of hydrogen-bond acceptors (Lipinski definition) is 1. The zero-order valence-electron chi connectivity index (χ0n) is 24.4. The molecule has 1 spiro atoms. The molecule has 0 N–H and O–H groups in total. The van der Waals surface area contributed by atoms with Crippen molar-refractivity contribution in [2.24, 2.45) is 23.7 Å². The van der Waals surface area contributed by atoms with Crippen molar-refractivity contribution in [1.82, 2.24) is 0 Å². The topological polar surface area (TPSA) is 3.24 Å². The van der Waals surface area contributed by atoms with Crippen molar-refractivity contribution >= 4 is 38.6 Å². The van der Waals surface area contributed by atoms with Crippen LogP contribution in [0.25, 0.3) is 32.7 Å². The zero-order valence-corrected chi connectivity index (χ0v) is 24.4. The van der Waals surface area contributed by atoms with Crippen LogP contribution in [0.3, 0.4) is 0 Å². The van der Waals surface area contributed by atoms with E-state index in [-0.39, 0.29) is 5.41 Å². The fraction of sp³-hybridized carbons (Fsp3) is 0.238. The summed E-state index contributed by atoms with van der Waals surface area (Å²) in [5.41, 5.74) is 10.1. The van der Waals surface area contributed by atoms with Crippen molar-refractivity contribution in [2.75, 3.05) is 4.90 Å². The van der Waals surface area contributed by atoms with Gasteiger partial charge in [-0.15, -0.1) is 0 Å². The van der Waals surface area contributed by atoms with Gasteiger partial charge in [-0.1, -0.05) is 103 Å². The van der Waals surface area contributed by atoms with Crippen LogP contribution >= 0.6 is 0 Å². The lowest BCUT2D eigenvalue weighted by molar-refractivity contribution is -0.0399. The molecule has 5 aliphatic carbocycles. The Balaban J connectivity index is 1.23. The quantitative estimate of drug-likeness (QED) is 0.211. The van der Waals surface area contributed by atoms with Gasteiger partial charge in [0.15, 0.2) is 0 Å². The lowest BCUT2D eigenvalue weighted by atomic mass is 9.43.